The van der Waals surface area contributed by atoms with Gasteiger partial charge < -0.3 is 0 Å². The molecule has 0 fully saturated rings. The van der Waals surface area contributed by atoms with Crippen molar-refractivity contribution in [2.75, 3.05) is 0 Å². The van der Waals surface area contributed by atoms with Crippen molar-refractivity contribution in [3.63, 3.8) is 0 Å². The molecule has 0 bridgehead atoms. The number of hydrogen-bond acceptors (Lipinski definition) is 4. The Hall–Kier alpha value is -2.26. The maximum absolute atomic E-state index is 13.6. The number of halogens is 2. The molecule has 0 saturated heterocycles. The summed E-state index contributed by atoms with van der Waals surface area (Å²) >= 11 is 3.19. The molecule has 0 atom stereocenters. The van der Waals surface area contributed by atoms with Gasteiger partial charge in [0.15, 0.2) is 0 Å². The largest absolute Gasteiger partial charge is 0.269 e. The predicted molar refractivity (Wildman–Crippen MR) is 85.3 cm³/mol. The maximum atomic E-state index is 13.6. The van der Waals surface area contributed by atoms with Crippen molar-refractivity contribution in [2.24, 2.45) is 0 Å². The molecule has 0 aliphatic heterocycles. The van der Waals surface area contributed by atoms with Crippen molar-refractivity contribution in [1.82, 2.24) is 3.97 Å². The number of hydrogen-bond donors (Lipinski definition) is 0. The fourth-order valence-corrected chi connectivity index (χ4v) is 4.10. The Labute approximate surface area is 138 Å². The predicted octanol–water partition coefficient (Wildman–Crippen LogP) is 3.69. The summed E-state index contributed by atoms with van der Waals surface area (Å²) in [6.07, 6.45) is 1.31. The summed E-state index contributed by atoms with van der Waals surface area (Å²) in [5, 5.41) is 11.2. The standard InChI is InChI=1S/C14H8BrFN2O4S/c15-13-7-9(16)8-14-12(13)5-6-17(14)23(21,22)11-3-1-10(2-4-11)18(19)20/h1-8H. The van der Waals surface area contributed by atoms with E-state index in [4.69, 9.17) is 0 Å². The number of benzene rings is 2. The average Bonchev–Trinajstić information content (AvgIpc) is 2.92. The Bertz CT molecular complexity index is 1030. The first-order valence-corrected chi connectivity index (χ1v) is 8.50. The van der Waals surface area contributed by atoms with Gasteiger partial charge >= 0.3 is 0 Å². The van der Waals surface area contributed by atoms with E-state index in [1.165, 1.54) is 12.3 Å². The van der Waals surface area contributed by atoms with E-state index in [-0.39, 0.29) is 16.1 Å². The lowest BCUT2D eigenvalue weighted by atomic mass is 10.2. The van der Waals surface area contributed by atoms with Gasteiger partial charge in [0, 0.05) is 28.2 Å². The van der Waals surface area contributed by atoms with Crippen LogP contribution in [-0.2, 0) is 10.0 Å². The summed E-state index contributed by atoms with van der Waals surface area (Å²) in [7, 11) is -3.99. The van der Waals surface area contributed by atoms with E-state index >= 15 is 0 Å². The van der Waals surface area contributed by atoms with Crippen LogP contribution >= 0.6 is 15.9 Å². The molecule has 0 saturated carbocycles. The number of nitro groups is 1. The van der Waals surface area contributed by atoms with E-state index in [1.54, 1.807) is 6.07 Å². The molecule has 3 rings (SSSR count). The molecule has 1 heterocycles. The molecule has 0 unspecified atom stereocenters. The van der Waals surface area contributed by atoms with Gasteiger partial charge in [-0.1, -0.05) is 0 Å². The van der Waals surface area contributed by atoms with Gasteiger partial charge in [0.25, 0.3) is 15.7 Å². The van der Waals surface area contributed by atoms with Gasteiger partial charge in [-0.3, -0.25) is 10.1 Å². The highest BCUT2D eigenvalue weighted by atomic mass is 79.9. The molecule has 9 heteroatoms. The normalized spacial score (nSPS) is 11.7. The third-order valence-corrected chi connectivity index (χ3v) is 5.65. The minimum Gasteiger partial charge on any atom is -0.258 e. The zero-order chi connectivity index (χ0) is 16.8. The highest BCUT2D eigenvalue weighted by molar-refractivity contribution is 9.10. The third kappa shape index (κ3) is 2.62. The Kier molecular flexibility index (Phi) is 3.69. The number of non-ortho nitro benzene ring substituents is 1. The van der Waals surface area contributed by atoms with Crippen molar-refractivity contribution in [3.8, 4) is 0 Å². The van der Waals surface area contributed by atoms with Crippen LogP contribution in [0.4, 0.5) is 10.1 Å². The van der Waals surface area contributed by atoms with Crippen LogP contribution in [0.1, 0.15) is 0 Å². The van der Waals surface area contributed by atoms with E-state index < -0.39 is 20.8 Å². The fourth-order valence-electron chi connectivity index (χ4n) is 2.20. The zero-order valence-electron chi connectivity index (χ0n) is 11.3. The second-order valence-corrected chi connectivity index (χ2v) is 7.36. The highest BCUT2D eigenvalue weighted by Crippen LogP contribution is 2.29. The van der Waals surface area contributed by atoms with Crippen LogP contribution in [-0.4, -0.2) is 17.3 Å². The van der Waals surface area contributed by atoms with Gasteiger partial charge in [0.2, 0.25) is 0 Å². The number of rotatable bonds is 3. The van der Waals surface area contributed by atoms with Gasteiger partial charge in [-0.05, 0) is 46.3 Å². The summed E-state index contributed by atoms with van der Waals surface area (Å²) in [5.41, 5.74) is -0.0367. The van der Waals surface area contributed by atoms with Crippen LogP contribution in [0.15, 0.2) is 58.0 Å². The Morgan fingerprint density at radius 1 is 1.13 bits per heavy atom. The van der Waals surface area contributed by atoms with Gasteiger partial charge in [0.05, 0.1) is 15.3 Å². The molecule has 0 aliphatic carbocycles. The molecule has 3 aromatic rings. The molecule has 0 radical (unpaired) electrons. The molecule has 2 aromatic carbocycles. The second-order valence-electron chi connectivity index (χ2n) is 4.69. The number of nitrogens with zero attached hydrogens (tertiary/aromatic N) is 2. The van der Waals surface area contributed by atoms with E-state index in [0.717, 1.165) is 34.3 Å². The van der Waals surface area contributed by atoms with Gasteiger partial charge in [0.1, 0.15) is 5.82 Å². The Morgan fingerprint density at radius 2 is 1.78 bits per heavy atom. The quantitative estimate of drug-likeness (QED) is 0.497. The second kappa shape index (κ2) is 5.43. The Balaban J connectivity index is 2.18. The maximum Gasteiger partial charge on any atom is 0.269 e. The van der Waals surface area contributed by atoms with Crippen molar-refractivity contribution in [3.05, 3.63) is 69.1 Å². The van der Waals surface area contributed by atoms with Crippen LogP contribution in [0.25, 0.3) is 10.9 Å². The van der Waals surface area contributed by atoms with Crippen molar-refractivity contribution in [1.29, 1.82) is 0 Å². The van der Waals surface area contributed by atoms with E-state index in [1.807, 2.05) is 0 Å². The van der Waals surface area contributed by atoms with Gasteiger partial charge in [-0.15, -0.1) is 0 Å². The first-order chi connectivity index (χ1) is 10.8. The lowest BCUT2D eigenvalue weighted by Crippen LogP contribution is -2.11. The van der Waals surface area contributed by atoms with Crippen molar-refractivity contribution < 1.29 is 17.7 Å². The summed E-state index contributed by atoms with van der Waals surface area (Å²) in [6, 6.07) is 8.40. The van der Waals surface area contributed by atoms with Crippen LogP contribution in [0.3, 0.4) is 0 Å². The third-order valence-electron chi connectivity index (χ3n) is 3.29. The molecule has 0 aliphatic rings. The molecule has 1 aromatic heterocycles. The highest BCUT2D eigenvalue weighted by Gasteiger charge is 2.21. The lowest BCUT2D eigenvalue weighted by molar-refractivity contribution is -0.384. The molecule has 6 nitrogen and oxygen atoms in total. The number of fused-ring (bicyclic) bond motifs is 1. The van der Waals surface area contributed by atoms with E-state index in [0.29, 0.717) is 9.86 Å². The minimum absolute atomic E-state index is 0.124. The summed E-state index contributed by atoms with van der Waals surface area (Å²) in [6.45, 7) is 0. The molecular weight excluding hydrogens is 391 g/mol. The molecule has 118 valence electrons. The molecule has 23 heavy (non-hydrogen) atoms. The van der Waals surface area contributed by atoms with Gasteiger partial charge in [-0.25, -0.2) is 16.8 Å². The minimum atomic E-state index is -3.99. The molecule has 0 amide bonds. The molecular formula is C14H8BrFN2O4S. The fraction of sp³-hybridized carbons (Fsp3) is 0. The van der Waals surface area contributed by atoms with Crippen LogP contribution in [0, 0.1) is 15.9 Å². The first kappa shape index (κ1) is 15.6. The monoisotopic (exact) mass is 398 g/mol. The average molecular weight is 399 g/mol. The van der Waals surface area contributed by atoms with E-state index in [2.05, 4.69) is 15.9 Å². The van der Waals surface area contributed by atoms with Crippen LogP contribution in [0.2, 0.25) is 0 Å². The van der Waals surface area contributed by atoms with Crippen LogP contribution < -0.4 is 0 Å². The Morgan fingerprint density at radius 3 is 2.39 bits per heavy atom. The lowest BCUT2D eigenvalue weighted by Gasteiger charge is -2.08. The van der Waals surface area contributed by atoms with Gasteiger partial charge in [-0.2, -0.15) is 0 Å². The topological polar surface area (TPSA) is 82.2 Å². The number of aromatic nitrogens is 1. The molecule has 0 spiro atoms. The first-order valence-electron chi connectivity index (χ1n) is 6.27. The summed E-state index contributed by atoms with van der Waals surface area (Å²) in [5.74, 6) is -0.580. The summed E-state index contributed by atoms with van der Waals surface area (Å²) in [4.78, 5) is 9.90. The summed E-state index contributed by atoms with van der Waals surface area (Å²) < 4.78 is 40.3. The number of nitro benzene ring substituents is 1. The smallest absolute Gasteiger partial charge is 0.258 e. The van der Waals surface area contributed by atoms with Crippen molar-refractivity contribution >= 4 is 42.5 Å². The molecule has 0 N–H and O–H groups in total. The van der Waals surface area contributed by atoms with E-state index in [9.17, 15) is 22.9 Å². The van der Waals surface area contributed by atoms with Crippen LogP contribution in [0.5, 0.6) is 0 Å². The SMILES string of the molecule is O=[N+]([O-])c1ccc(S(=O)(=O)n2ccc3c(Br)cc(F)cc32)cc1. The van der Waals surface area contributed by atoms with Crippen molar-refractivity contribution in [2.45, 2.75) is 4.90 Å². The zero-order valence-corrected chi connectivity index (χ0v) is 13.7.